The summed E-state index contributed by atoms with van der Waals surface area (Å²) >= 11 is 0. The fourth-order valence-corrected chi connectivity index (χ4v) is 5.23. The summed E-state index contributed by atoms with van der Waals surface area (Å²) in [5.74, 6) is 0. The second kappa shape index (κ2) is 16.3. The molecule has 2 N–H and O–H groups in total. The van der Waals surface area contributed by atoms with E-state index in [4.69, 9.17) is 35.5 Å². The predicted molar refractivity (Wildman–Crippen MR) is 153 cm³/mol. The molecule has 0 spiro atoms. The smallest absolute Gasteiger partial charge is 0.169 e. The molecule has 1 aliphatic carbocycles. The number of nitrogens with zero attached hydrogens (tertiary/aromatic N) is 12. The third kappa shape index (κ3) is 8.08. The van der Waals surface area contributed by atoms with Gasteiger partial charge in [0.05, 0.1) is 50.2 Å². The van der Waals surface area contributed by atoms with Crippen LogP contribution in [0.1, 0.15) is 17.5 Å². The fourth-order valence-electron chi connectivity index (χ4n) is 5.23. The summed E-state index contributed by atoms with van der Waals surface area (Å²) in [5.41, 5.74) is 38.3. The van der Waals surface area contributed by atoms with Crippen LogP contribution < -0.4 is 0 Å². The van der Waals surface area contributed by atoms with Crippen molar-refractivity contribution < 1.29 is 29.2 Å². The van der Waals surface area contributed by atoms with Crippen molar-refractivity contribution in [3.05, 3.63) is 114 Å². The van der Waals surface area contributed by atoms with Gasteiger partial charge < -0.3 is 29.2 Å². The number of hydrogen-bond donors (Lipinski definition) is 2. The van der Waals surface area contributed by atoms with Gasteiger partial charge in [0.15, 0.2) is 6.29 Å². The Balaban J connectivity index is 1.69. The van der Waals surface area contributed by atoms with E-state index < -0.39 is 61.0 Å². The maximum Gasteiger partial charge on any atom is 0.169 e. The van der Waals surface area contributed by atoms with Crippen LogP contribution in [0.4, 0.5) is 0 Å². The molecule has 18 nitrogen and oxygen atoms in total. The molecule has 18 heteroatoms. The standard InChI is InChI=1S/C26H30N12O6/c27-35-31-12-19-24(41-13-15-7-3-1-4-8-15)25(42-14-16-9-5-2-6-10-16)20(34-38-30)26(43-19)44-23-18(33-37-29)11-17(32-36-28)21(39)22(23)40/h1-10,17-26,39-40H,11-14H2. The van der Waals surface area contributed by atoms with E-state index in [0.717, 1.165) is 11.1 Å². The van der Waals surface area contributed by atoms with Crippen molar-refractivity contribution in [2.75, 3.05) is 6.54 Å². The van der Waals surface area contributed by atoms with Crippen LogP contribution in [0.25, 0.3) is 41.8 Å². The average molecular weight is 607 g/mol. The van der Waals surface area contributed by atoms with Gasteiger partial charge in [-0.3, -0.25) is 0 Å². The molecule has 44 heavy (non-hydrogen) atoms. The SMILES string of the molecule is [N-]=[N+]=NCC1OC(OC2C(N=[N+]=[N-])CC(N=[N+]=[N-])C(O)C2O)C(N=[N+]=[N-])C(OCc2ccccc2)C1OCc1ccccc1. The first kappa shape index (κ1) is 32.4. The molecule has 1 saturated heterocycles. The minimum Gasteiger partial charge on any atom is -0.390 e. The van der Waals surface area contributed by atoms with Crippen molar-refractivity contribution in [3.8, 4) is 0 Å². The lowest BCUT2D eigenvalue weighted by Crippen LogP contribution is -2.63. The summed E-state index contributed by atoms with van der Waals surface area (Å²) in [6.07, 6.45) is -9.13. The molecule has 0 amide bonds. The Morgan fingerprint density at radius 1 is 0.705 bits per heavy atom. The Morgan fingerprint density at radius 3 is 1.84 bits per heavy atom. The van der Waals surface area contributed by atoms with Crippen molar-refractivity contribution in [1.82, 2.24) is 0 Å². The van der Waals surface area contributed by atoms with Gasteiger partial charge in [-0.25, -0.2) is 0 Å². The van der Waals surface area contributed by atoms with Crippen LogP contribution in [0.5, 0.6) is 0 Å². The van der Waals surface area contributed by atoms with Gasteiger partial charge in [-0.15, -0.1) is 0 Å². The van der Waals surface area contributed by atoms with Gasteiger partial charge in [0.1, 0.15) is 24.4 Å². The highest BCUT2D eigenvalue weighted by Gasteiger charge is 2.51. The summed E-state index contributed by atoms with van der Waals surface area (Å²) in [6.45, 7) is -0.0255. The minimum absolute atomic E-state index is 0.0784. The molecule has 0 radical (unpaired) electrons. The lowest BCUT2D eigenvalue weighted by molar-refractivity contribution is -0.300. The van der Waals surface area contributed by atoms with E-state index in [1.165, 1.54) is 0 Å². The van der Waals surface area contributed by atoms with Crippen LogP contribution in [0.3, 0.4) is 0 Å². The summed E-state index contributed by atoms with van der Waals surface area (Å²) in [7, 11) is 0. The third-order valence-electron chi connectivity index (χ3n) is 7.33. The lowest BCUT2D eigenvalue weighted by Gasteiger charge is -2.47. The predicted octanol–water partition coefficient (Wildman–Crippen LogP) is 4.74. The number of ether oxygens (including phenoxy) is 4. The maximum atomic E-state index is 10.9. The Kier molecular flexibility index (Phi) is 12.0. The van der Waals surface area contributed by atoms with Crippen LogP contribution in [0.15, 0.2) is 81.1 Å². The number of aliphatic hydroxyl groups is 2. The molecule has 2 fully saturated rings. The first-order valence-corrected chi connectivity index (χ1v) is 13.6. The first-order chi connectivity index (χ1) is 21.5. The average Bonchev–Trinajstić information content (AvgIpc) is 3.04. The van der Waals surface area contributed by atoms with Crippen molar-refractivity contribution in [3.63, 3.8) is 0 Å². The van der Waals surface area contributed by atoms with E-state index in [1.807, 2.05) is 60.7 Å². The van der Waals surface area contributed by atoms with E-state index in [1.54, 1.807) is 0 Å². The van der Waals surface area contributed by atoms with Crippen LogP contribution in [0.2, 0.25) is 0 Å². The molecule has 4 rings (SSSR count). The quantitative estimate of drug-likeness (QED) is 0.184. The van der Waals surface area contributed by atoms with Gasteiger partial charge in [-0.05, 0) is 39.7 Å². The Morgan fingerprint density at radius 2 is 1.27 bits per heavy atom. The maximum absolute atomic E-state index is 10.9. The second-order valence-corrected chi connectivity index (χ2v) is 10.0. The fraction of sp³-hybridized carbons (Fsp3) is 0.538. The highest BCUT2D eigenvalue weighted by Crippen LogP contribution is 2.35. The number of benzene rings is 2. The Bertz CT molecular complexity index is 1410. The van der Waals surface area contributed by atoms with E-state index in [9.17, 15) is 15.7 Å². The Hall–Kier alpha value is -4.56. The zero-order chi connectivity index (χ0) is 31.3. The molecule has 0 aromatic heterocycles. The van der Waals surface area contributed by atoms with Crippen molar-refractivity contribution in [2.24, 2.45) is 20.5 Å². The monoisotopic (exact) mass is 606 g/mol. The number of rotatable bonds is 13. The summed E-state index contributed by atoms with van der Waals surface area (Å²) in [5, 5.41) is 36.3. The highest BCUT2D eigenvalue weighted by atomic mass is 16.7. The van der Waals surface area contributed by atoms with Gasteiger partial charge in [0.2, 0.25) is 0 Å². The van der Waals surface area contributed by atoms with Gasteiger partial charge in [-0.1, -0.05) is 81.1 Å². The topological polar surface area (TPSA) is 272 Å². The number of aliphatic hydroxyl groups excluding tert-OH is 2. The van der Waals surface area contributed by atoms with Gasteiger partial charge >= 0.3 is 0 Å². The molecule has 10 unspecified atom stereocenters. The van der Waals surface area contributed by atoms with Crippen LogP contribution in [0, 0.1) is 0 Å². The summed E-state index contributed by atoms with van der Waals surface area (Å²) in [4.78, 5) is 11.3. The highest BCUT2D eigenvalue weighted by molar-refractivity contribution is 5.15. The molecule has 2 aliphatic rings. The summed E-state index contributed by atoms with van der Waals surface area (Å²) in [6, 6.07) is 15.1. The molecule has 1 aliphatic heterocycles. The molecule has 10 atom stereocenters. The summed E-state index contributed by atoms with van der Waals surface area (Å²) < 4.78 is 24.8. The third-order valence-corrected chi connectivity index (χ3v) is 7.33. The van der Waals surface area contributed by atoms with Crippen LogP contribution in [-0.4, -0.2) is 77.8 Å². The van der Waals surface area contributed by atoms with E-state index in [-0.39, 0.29) is 26.2 Å². The zero-order valence-electron chi connectivity index (χ0n) is 23.3. The van der Waals surface area contributed by atoms with E-state index in [0.29, 0.717) is 0 Å². The van der Waals surface area contributed by atoms with Crippen LogP contribution >= 0.6 is 0 Å². The number of hydrogen-bond acceptors (Lipinski definition) is 10. The lowest BCUT2D eigenvalue weighted by atomic mass is 9.84. The number of azide groups is 4. The largest absolute Gasteiger partial charge is 0.390 e. The molecule has 1 heterocycles. The van der Waals surface area contributed by atoms with E-state index >= 15 is 0 Å². The van der Waals surface area contributed by atoms with Gasteiger partial charge in [0.25, 0.3) is 0 Å². The molecule has 0 bridgehead atoms. The molecule has 230 valence electrons. The normalized spacial score (nSPS) is 31.3. The minimum atomic E-state index is -1.68. The van der Waals surface area contributed by atoms with Crippen LogP contribution in [-0.2, 0) is 32.2 Å². The molecular weight excluding hydrogens is 576 g/mol. The van der Waals surface area contributed by atoms with Crippen molar-refractivity contribution in [2.45, 2.75) is 80.7 Å². The zero-order valence-corrected chi connectivity index (χ0v) is 23.3. The molecular formula is C26H30N12O6. The second-order valence-electron chi connectivity index (χ2n) is 10.0. The van der Waals surface area contributed by atoms with E-state index in [2.05, 4.69) is 40.1 Å². The van der Waals surface area contributed by atoms with Gasteiger partial charge in [-0.2, -0.15) is 0 Å². The molecule has 1 saturated carbocycles. The van der Waals surface area contributed by atoms with Crippen molar-refractivity contribution in [1.29, 1.82) is 0 Å². The molecule has 2 aromatic rings. The first-order valence-electron chi connectivity index (χ1n) is 13.6. The van der Waals surface area contributed by atoms with Crippen molar-refractivity contribution >= 4 is 0 Å². The Labute approximate surface area is 250 Å². The molecule has 2 aromatic carbocycles. The van der Waals surface area contributed by atoms with Gasteiger partial charge in [0, 0.05) is 19.6 Å².